The molecule has 0 radical (unpaired) electrons. The van der Waals surface area contributed by atoms with E-state index in [0.717, 1.165) is 71.9 Å². The summed E-state index contributed by atoms with van der Waals surface area (Å²) < 4.78 is 0. The van der Waals surface area contributed by atoms with Gasteiger partial charge in [-0.3, -0.25) is 10.1 Å². The molecular weight excluding hydrogens is 464 g/mol. The molecule has 0 saturated carbocycles. The SMILES string of the molecule is CCCCC1(CCCC)c2cc(/C(=N\OC(C)=O)c3ccccc3C)ccc2-c2ccc([N+](=O)[O-])cc21. The lowest BCUT2D eigenvalue weighted by molar-refractivity contribution is -0.384. The lowest BCUT2D eigenvalue weighted by Crippen LogP contribution is -2.26. The van der Waals surface area contributed by atoms with Gasteiger partial charge in [0.25, 0.3) is 5.69 Å². The summed E-state index contributed by atoms with van der Waals surface area (Å²) in [5.74, 6) is -0.479. The Labute approximate surface area is 218 Å². The van der Waals surface area contributed by atoms with E-state index in [1.165, 1.54) is 12.5 Å². The standard InChI is InChI=1S/C31H34N2O4/c1-5-7-17-31(18-8-6-2)28-19-23(30(32-37-22(4)34)25-12-10-9-11-21(25)3)13-15-26(28)27-16-14-24(33(35)36)20-29(27)31/h9-16,19-20H,5-8,17-18H2,1-4H3/b32-30+. The van der Waals surface area contributed by atoms with Crippen LogP contribution in [-0.2, 0) is 15.0 Å². The minimum Gasteiger partial charge on any atom is -0.318 e. The van der Waals surface area contributed by atoms with E-state index in [4.69, 9.17) is 4.84 Å². The Balaban J connectivity index is 1.96. The number of carbonyl (C=O) groups is 1. The fraction of sp³-hybridized carbons (Fsp3) is 0.355. The summed E-state index contributed by atoms with van der Waals surface area (Å²) in [6.45, 7) is 7.70. The molecule has 0 aliphatic heterocycles. The van der Waals surface area contributed by atoms with E-state index in [1.807, 2.05) is 43.3 Å². The van der Waals surface area contributed by atoms with Gasteiger partial charge in [0.2, 0.25) is 0 Å². The zero-order valence-electron chi connectivity index (χ0n) is 22.0. The summed E-state index contributed by atoms with van der Waals surface area (Å²) >= 11 is 0. The maximum Gasteiger partial charge on any atom is 0.332 e. The van der Waals surface area contributed by atoms with Gasteiger partial charge in [-0.25, -0.2) is 4.79 Å². The Morgan fingerprint density at radius 3 is 2.16 bits per heavy atom. The summed E-state index contributed by atoms with van der Waals surface area (Å²) in [6, 6.07) is 19.5. The smallest absolute Gasteiger partial charge is 0.318 e. The molecule has 3 aromatic carbocycles. The molecule has 0 atom stereocenters. The highest BCUT2D eigenvalue weighted by atomic mass is 16.7. The van der Waals surface area contributed by atoms with Gasteiger partial charge in [-0.1, -0.05) is 81.1 Å². The molecule has 3 aromatic rings. The number of rotatable bonds is 10. The Morgan fingerprint density at radius 2 is 1.57 bits per heavy atom. The van der Waals surface area contributed by atoms with Gasteiger partial charge in [0.05, 0.1) is 4.92 Å². The van der Waals surface area contributed by atoms with Crippen LogP contribution in [0.2, 0.25) is 0 Å². The van der Waals surface area contributed by atoms with Crippen molar-refractivity contribution >= 4 is 17.4 Å². The monoisotopic (exact) mass is 498 g/mol. The van der Waals surface area contributed by atoms with Gasteiger partial charge in [0.15, 0.2) is 0 Å². The van der Waals surface area contributed by atoms with Crippen molar-refractivity contribution in [3.63, 3.8) is 0 Å². The van der Waals surface area contributed by atoms with Crippen LogP contribution in [0.3, 0.4) is 0 Å². The number of fused-ring (bicyclic) bond motifs is 3. The summed E-state index contributed by atoms with van der Waals surface area (Å²) in [5.41, 5.74) is 7.56. The zero-order chi connectivity index (χ0) is 26.6. The van der Waals surface area contributed by atoms with E-state index in [-0.39, 0.29) is 16.0 Å². The number of nitro groups is 1. The number of oxime groups is 1. The van der Waals surface area contributed by atoms with Crippen LogP contribution in [-0.4, -0.2) is 16.6 Å². The first-order valence-electron chi connectivity index (χ1n) is 13.1. The number of nitrogens with zero attached hydrogens (tertiary/aromatic N) is 2. The van der Waals surface area contributed by atoms with Gasteiger partial charge in [0, 0.05) is 35.6 Å². The first-order chi connectivity index (χ1) is 17.8. The van der Waals surface area contributed by atoms with Crippen molar-refractivity contribution < 1.29 is 14.6 Å². The molecular formula is C31H34N2O4. The Kier molecular flexibility index (Phi) is 7.86. The fourth-order valence-corrected chi connectivity index (χ4v) is 5.57. The predicted octanol–water partition coefficient (Wildman–Crippen LogP) is 7.87. The Hall–Kier alpha value is -3.80. The molecule has 0 saturated heterocycles. The van der Waals surface area contributed by atoms with E-state index in [0.29, 0.717) is 5.71 Å². The average molecular weight is 499 g/mol. The second-order valence-corrected chi connectivity index (χ2v) is 9.87. The number of unbranched alkanes of at least 4 members (excludes halogenated alkanes) is 2. The van der Waals surface area contributed by atoms with Gasteiger partial charge >= 0.3 is 5.97 Å². The number of hydrogen-bond acceptors (Lipinski definition) is 5. The first-order valence-corrected chi connectivity index (χ1v) is 13.1. The van der Waals surface area contributed by atoms with Gasteiger partial charge < -0.3 is 4.84 Å². The highest BCUT2D eigenvalue weighted by Gasteiger charge is 2.43. The van der Waals surface area contributed by atoms with Crippen LogP contribution in [0.15, 0.2) is 65.8 Å². The van der Waals surface area contributed by atoms with Crippen LogP contribution in [0.4, 0.5) is 5.69 Å². The highest BCUT2D eigenvalue weighted by Crippen LogP contribution is 2.55. The molecule has 0 amide bonds. The van der Waals surface area contributed by atoms with Gasteiger partial charge in [0.1, 0.15) is 5.71 Å². The van der Waals surface area contributed by atoms with Crippen molar-refractivity contribution in [3.8, 4) is 11.1 Å². The number of carbonyl (C=O) groups excluding carboxylic acids is 1. The van der Waals surface area contributed by atoms with E-state index >= 15 is 0 Å². The normalized spacial score (nSPS) is 13.7. The third-order valence-electron chi connectivity index (χ3n) is 7.41. The number of benzene rings is 3. The van der Waals surface area contributed by atoms with Crippen molar-refractivity contribution in [2.75, 3.05) is 0 Å². The van der Waals surface area contributed by atoms with Gasteiger partial charge in [-0.05, 0) is 59.7 Å². The number of nitro benzene ring substituents is 1. The maximum absolute atomic E-state index is 11.7. The van der Waals surface area contributed by atoms with E-state index < -0.39 is 5.97 Å². The lowest BCUT2D eigenvalue weighted by atomic mass is 9.70. The molecule has 0 spiro atoms. The molecule has 0 bridgehead atoms. The molecule has 6 heteroatoms. The summed E-state index contributed by atoms with van der Waals surface area (Å²) in [7, 11) is 0. The number of non-ortho nitro benzene ring substituents is 1. The zero-order valence-corrected chi connectivity index (χ0v) is 22.0. The van der Waals surface area contributed by atoms with Gasteiger partial charge in [-0.2, -0.15) is 0 Å². The summed E-state index contributed by atoms with van der Waals surface area (Å²) in [4.78, 5) is 28.2. The third kappa shape index (κ3) is 5.06. The molecule has 0 N–H and O–H groups in total. The maximum atomic E-state index is 11.7. The van der Waals surface area contributed by atoms with E-state index in [9.17, 15) is 14.9 Å². The van der Waals surface area contributed by atoms with Crippen molar-refractivity contribution in [2.45, 2.75) is 71.6 Å². The largest absolute Gasteiger partial charge is 0.332 e. The molecule has 6 nitrogen and oxygen atoms in total. The molecule has 1 aliphatic carbocycles. The third-order valence-corrected chi connectivity index (χ3v) is 7.41. The first kappa shape index (κ1) is 26.3. The van der Waals surface area contributed by atoms with Crippen LogP contribution < -0.4 is 0 Å². The molecule has 0 fully saturated rings. The topological polar surface area (TPSA) is 81.8 Å². The van der Waals surface area contributed by atoms with Crippen LogP contribution in [0.5, 0.6) is 0 Å². The minimum atomic E-state index is -0.479. The molecule has 37 heavy (non-hydrogen) atoms. The lowest BCUT2D eigenvalue weighted by Gasteiger charge is -2.32. The quantitative estimate of drug-likeness (QED) is 0.123. The van der Waals surface area contributed by atoms with Crippen LogP contribution >= 0.6 is 0 Å². The molecule has 192 valence electrons. The molecule has 0 aromatic heterocycles. The van der Waals surface area contributed by atoms with Crippen LogP contribution in [0.1, 0.15) is 87.1 Å². The average Bonchev–Trinajstić information content (AvgIpc) is 3.16. The van der Waals surface area contributed by atoms with E-state index in [1.54, 1.807) is 12.1 Å². The molecule has 4 rings (SSSR count). The number of hydrogen-bond donors (Lipinski definition) is 0. The molecule has 1 aliphatic rings. The fourth-order valence-electron chi connectivity index (χ4n) is 5.57. The highest BCUT2D eigenvalue weighted by molar-refractivity contribution is 6.14. The van der Waals surface area contributed by atoms with Crippen molar-refractivity contribution in [1.82, 2.24) is 0 Å². The van der Waals surface area contributed by atoms with Crippen molar-refractivity contribution in [1.29, 1.82) is 0 Å². The summed E-state index contributed by atoms with van der Waals surface area (Å²) in [6.07, 6.45) is 5.93. The minimum absolute atomic E-state index is 0.126. The van der Waals surface area contributed by atoms with Gasteiger partial charge in [-0.15, -0.1) is 0 Å². The Morgan fingerprint density at radius 1 is 0.946 bits per heavy atom. The number of aryl methyl sites for hydroxylation is 1. The van der Waals surface area contributed by atoms with Crippen LogP contribution in [0, 0.1) is 17.0 Å². The predicted molar refractivity (Wildman–Crippen MR) is 147 cm³/mol. The Bertz CT molecular complexity index is 1350. The van der Waals surface area contributed by atoms with Crippen molar-refractivity contribution in [2.24, 2.45) is 5.16 Å². The molecule has 0 heterocycles. The second kappa shape index (κ2) is 11.1. The van der Waals surface area contributed by atoms with E-state index in [2.05, 4.69) is 31.1 Å². The molecule has 0 unspecified atom stereocenters. The second-order valence-electron chi connectivity index (χ2n) is 9.87. The summed E-state index contributed by atoms with van der Waals surface area (Å²) in [5, 5.41) is 16.0. The van der Waals surface area contributed by atoms with Crippen LogP contribution in [0.25, 0.3) is 11.1 Å². The van der Waals surface area contributed by atoms with Crippen molar-refractivity contribution in [3.05, 3.63) is 98.6 Å².